The molecule has 1 fully saturated rings. The summed E-state index contributed by atoms with van der Waals surface area (Å²) in [5, 5.41) is 0. The number of hydrogen-bond donors (Lipinski definition) is 0. The minimum absolute atomic E-state index is 0.179. The highest BCUT2D eigenvalue weighted by atomic mass is 16.5. The molecular formula is C20H23N5O3. The number of nitrogens with zero attached hydrogens (tertiary/aromatic N) is 5. The van der Waals surface area contributed by atoms with E-state index in [1.54, 1.807) is 20.2 Å². The number of carbonyl (C=O) groups is 2. The van der Waals surface area contributed by atoms with Crippen LogP contribution in [0.25, 0.3) is 0 Å². The highest BCUT2D eigenvalue weighted by Crippen LogP contribution is 2.40. The third-order valence-electron chi connectivity index (χ3n) is 5.53. The molecule has 0 aliphatic carbocycles. The first-order chi connectivity index (χ1) is 13.4. The van der Waals surface area contributed by atoms with E-state index < -0.39 is 12.2 Å². The zero-order chi connectivity index (χ0) is 20.2. The van der Waals surface area contributed by atoms with Gasteiger partial charge < -0.3 is 9.64 Å². The molecule has 4 rings (SSSR count). The molecule has 1 saturated heterocycles. The lowest BCUT2D eigenvalue weighted by molar-refractivity contribution is -0.136. The topological polar surface area (TPSA) is 68.7 Å². The van der Waals surface area contributed by atoms with Gasteiger partial charge in [0.05, 0.1) is 7.11 Å². The van der Waals surface area contributed by atoms with Gasteiger partial charge in [0.25, 0.3) is 5.91 Å². The number of guanidine groups is 1. The number of imide groups is 1. The standard InChI is InChI=1S/C20H23N5O3/c1-6-11-23-18(26)16-17(22(4)20(23)27)21-19-24(12(2)13(3)25(16)19)14-7-9-15(28-5)10-8-14/h6-10,16-17H,1,11H2,2-5H3. The number of hydrogen-bond acceptors (Lipinski definition) is 6. The molecule has 0 radical (unpaired) electrons. The number of rotatable bonds is 4. The summed E-state index contributed by atoms with van der Waals surface area (Å²) in [6.45, 7) is 7.81. The van der Waals surface area contributed by atoms with Crippen LogP contribution in [0.1, 0.15) is 13.8 Å². The van der Waals surface area contributed by atoms with Crippen LogP contribution in [0, 0.1) is 0 Å². The van der Waals surface area contributed by atoms with Crippen molar-refractivity contribution in [1.82, 2.24) is 14.7 Å². The van der Waals surface area contributed by atoms with E-state index >= 15 is 0 Å². The maximum absolute atomic E-state index is 13.1. The summed E-state index contributed by atoms with van der Waals surface area (Å²) in [6.07, 6.45) is 1.00. The first-order valence-corrected chi connectivity index (χ1v) is 9.08. The lowest BCUT2D eigenvalue weighted by atomic mass is 10.1. The van der Waals surface area contributed by atoms with Crippen LogP contribution >= 0.6 is 0 Å². The van der Waals surface area contributed by atoms with Crippen molar-refractivity contribution in [2.24, 2.45) is 4.99 Å². The Hall–Kier alpha value is -3.29. The fraction of sp³-hybridized carbons (Fsp3) is 0.350. The molecule has 0 aromatic heterocycles. The van der Waals surface area contributed by atoms with Crippen LogP contribution in [0.3, 0.4) is 0 Å². The van der Waals surface area contributed by atoms with Crippen LogP contribution in [0.2, 0.25) is 0 Å². The van der Waals surface area contributed by atoms with E-state index in [0.717, 1.165) is 22.8 Å². The van der Waals surface area contributed by atoms with Gasteiger partial charge in [-0.2, -0.15) is 0 Å². The van der Waals surface area contributed by atoms with Crippen LogP contribution in [-0.4, -0.2) is 65.5 Å². The van der Waals surface area contributed by atoms with E-state index in [2.05, 4.69) is 6.58 Å². The Morgan fingerprint density at radius 1 is 1.18 bits per heavy atom. The quantitative estimate of drug-likeness (QED) is 0.748. The SMILES string of the molecule is C=CCN1C(=O)C2C(N=C3N(c4ccc(OC)cc4)C(C)=C(C)N32)N(C)C1=O. The third kappa shape index (κ3) is 2.33. The average Bonchev–Trinajstić information content (AvgIpc) is 3.19. The first-order valence-electron chi connectivity index (χ1n) is 9.08. The number of fused-ring (bicyclic) bond motifs is 3. The zero-order valence-corrected chi connectivity index (χ0v) is 16.4. The molecule has 8 nitrogen and oxygen atoms in total. The van der Waals surface area contributed by atoms with E-state index in [1.165, 1.54) is 9.80 Å². The van der Waals surface area contributed by atoms with Crippen molar-refractivity contribution in [2.45, 2.75) is 26.1 Å². The van der Waals surface area contributed by atoms with Crippen molar-refractivity contribution >= 4 is 23.6 Å². The van der Waals surface area contributed by atoms with Crippen molar-refractivity contribution in [2.75, 3.05) is 25.6 Å². The Balaban J connectivity index is 1.76. The van der Waals surface area contributed by atoms with Gasteiger partial charge >= 0.3 is 6.03 Å². The highest BCUT2D eigenvalue weighted by Gasteiger charge is 2.55. The second kappa shape index (κ2) is 6.40. The van der Waals surface area contributed by atoms with Gasteiger partial charge in [0.15, 0.2) is 12.2 Å². The predicted molar refractivity (Wildman–Crippen MR) is 106 cm³/mol. The van der Waals surface area contributed by atoms with Gasteiger partial charge in [0.1, 0.15) is 5.75 Å². The van der Waals surface area contributed by atoms with E-state index in [9.17, 15) is 9.59 Å². The van der Waals surface area contributed by atoms with Crippen molar-refractivity contribution in [1.29, 1.82) is 0 Å². The summed E-state index contributed by atoms with van der Waals surface area (Å²) in [7, 11) is 3.31. The number of amides is 3. The number of ether oxygens (including phenoxy) is 1. The van der Waals surface area contributed by atoms with Crippen molar-refractivity contribution in [3.8, 4) is 5.75 Å². The van der Waals surface area contributed by atoms with Crippen LogP contribution in [0.5, 0.6) is 5.75 Å². The number of allylic oxidation sites excluding steroid dienone is 2. The Morgan fingerprint density at radius 2 is 1.86 bits per heavy atom. The minimum Gasteiger partial charge on any atom is -0.497 e. The highest BCUT2D eigenvalue weighted by molar-refractivity contribution is 6.10. The fourth-order valence-corrected chi connectivity index (χ4v) is 3.95. The summed E-state index contributed by atoms with van der Waals surface area (Å²) < 4.78 is 5.24. The fourth-order valence-electron chi connectivity index (χ4n) is 3.95. The molecule has 3 heterocycles. The molecule has 8 heteroatoms. The molecule has 3 aliphatic rings. The van der Waals surface area contributed by atoms with Gasteiger partial charge in [0, 0.05) is 30.7 Å². The molecule has 0 saturated carbocycles. The first kappa shape index (κ1) is 18.1. The second-order valence-electron chi connectivity index (χ2n) is 6.99. The molecule has 146 valence electrons. The number of likely N-dealkylation sites (N-methyl/N-ethyl adjacent to an activating group) is 1. The molecule has 0 spiro atoms. The number of benzene rings is 1. The maximum Gasteiger partial charge on any atom is 0.328 e. The summed E-state index contributed by atoms with van der Waals surface area (Å²) in [4.78, 5) is 37.2. The normalized spacial score (nSPS) is 23.9. The second-order valence-corrected chi connectivity index (χ2v) is 6.99. The molecule has 3 aliphatic heterocycles. The smallest absolute Gasteiger partial charge is 0.328 e. The predicted octanol–water partition coefficient (Wildman–Crippen LogP) is 2.21. The van der Waals surface area contributed by atoms with Crippen LogP contribution in [-0.2, 0) is 4.79 Å². The molecular weight excluding hydrogens is 358 g/mol. The van der Waals surface area contributed by atoms with Gasteiger partial charge in [-0.25, -0.2) is 9.79 Å². The number of carbonyl (C=O) groups excluding carboxylic acids is 2. The summed E-state index contributed by atoms with van der Waals surface area (Å²) >= 11 is 0. The maximum atomic E-state index is 13.1. The summed E-state index contributed by atoms with van der Waals surface area (Å²) in [6, 6.07) is 6.74. The molecule has 1 aromatic rings. The van der Waals surface area contributed by atoms with E-state index in [4.69, 9.17) is 9.73 Å². The van der Waals surface area contributed by atoms with Gasteiger partial charge in [-0.15, -0.1) is 6.58 Å². The Morgan fingerprint density at radius 3 is 2.46 bits per heavy atom. The summed E-state index contributed by atoms with van der Waals surface area (Å²) in [5.41, 5.74) is 2.85. The van der Waals surface area contributed by atoms with Gasteiger partial charge in [-0.05, 0) is 38.1 Å². The molecule has 1 aromatic carbocycles. The Bertz CT molecular complexity index is 920. The zero-order valence-electron chi connectivity index (χ0n) is 16.4. The Kier molecular flexibility index (Phi) is 4.14. The van der Waals surface area contributed by atoms with E-state index in [0.29, 0.717) is 5.96 Å². The monoisotopic (exact) mass is 381 g/mol. The van der Waals surface area contributed by atoms with Gasteiger partial charge in [0.2, 0.25) is 5.96 Å². The third-order valence-corrected chi connectivity index (χ3v) is 5.53. The van der Waals surface area contributed by atoms with Crippen molar-refractivity contribution < 1.29 is 14.3 Å². The van der Waals surface area contributed by atoms with Gasteiger partial charge in [-0.1, -0.05) is 6.08 Å². The number of urea groups is 1. The Labute approximate surface area is 164 Å². The summed E-state index contributed by atoms with van der Waals surface area (Å²) in [5.74, 6) is 1.17. The molecule has 2 unspecified atom stereocenters. The largest absolute Gasteiger partial charge is 0.497 e. The van der Waals surface area contributed by atoms with Gasteiger partial charge in [-0.3, -0.25) is 19.5 Å². The lowest BCUT2D eigenvalue weighted by Crippen LogP contribution is -2.64. The van der Waals surface area contributed by atoms with E-state index in [-0.39, 0.29) is 18.5 Å². The average molecular weight is 381 g/mol. The molecule has 2 atom stereocenters. The van der Waals surface area contributed by atoms with Crippen molar-refractivity contribution in [3.63, 3.8) is 0 Å². The number of aliphatic imine (C=N–C) groups is 1. The molecule has 28 heavy (non-hydrogen) atoms. The van der Waals surface area contributed by atoms with Crippen LogP contribution in [0.15, 0.2) is 53.3 Å². The molecule has 0 bridgehead atoms. The number of anilines is 1. The van der Waals surface area contributed by atoms with Crippen LogP contribution < -0.4 is 9.64 Å². The molecule has 3 amide bonds. The van der Waals surface area contributed by atoms with E-state index in [1.807, 2.05) is 47.9 Å². The van der Waals surface area contributed by atoms with Crippen LogP contribution in [0.4, 0.5) is 10.5 Å². The lowest BCUT2D eigenvalue weighted by Gasteiger charge is -2.40. The van der Waals surface area contributed by atoms with Crippen molar-refractivity contribution in [3.05, 3.63) is 48.3 Å². The minimum atomic E-state index is -0.573. The number of methoxy groups -OCH3 is 1. The molecule has 0 N–H and O–H groups in total.